The smallest absolute Gasteiger partial charge is 0.296 e. The molecule has 0 atom stereocenters. The summed E-state index contributed by atoms with van der Waals surface area (Å²) in [6.07, 6.45) is 6.11. The van der Waals surface area contributed by atoms with E-state index in [4.69, 9.17) is 10.5 Å². The maximum absolute atomic E-state index is 12.2. The Hall–Kier alpha value is -2.69. The number of fused-ring (bicyclic) bond motifs is 1. The minimum Gasteiger partial charge on any atom is -0.500 e. The second-order valence-corrected chi connectivity index (χ2v) is 6.50. The van der Waals surface area contributed by atoms with Crippen LogP contribution in [0.25, 0.3) is 10.9 Å². The van der Waals surface area contributed by atoms with Crippen molar-refractivity contribution in [3.8, 4) is 11.5 Å². The third-order valence-corrected chi connectivity index (χ3v) is 4.10. The fourth-order valence-electron chi connectivity index (χ4n) is 2.62. The standard InChI is InChI=1S/C20H26N2O3/c1-13(2)6-5-7-14(3)10-11-25-19-16-9-8-15(21)12-17(16)22(4)20(24)18(19)23/h6,8-10,12,23H,5,7,11,21H2,1-4H3/b14-10+. The number of rotatable bonds is 6. The lowest BCUT2D eigenvalue weighted by Gasteiger charge is -2.13. The van der Waals surface area contributed by atoms with Crippen molar-refractivity contribution >= 4 is 16.6 Å². The Kier molecular flexibility index (Phi) is 5.91. The van der Waals surface area contributed by atoms with Gasteiger partial charge < -0.3 is 20.1 Å². The lowest BCUT2D eigenvalue weighted by Crippen LogP contribution is -2.18. The van der Waals surface area contributed by atoms with Gasteiger partial charge in [0.1, 0.15) is 6.61 Å². The van der Waals surface area contributed by atoms with Crippen LogP contribution in [0.5, 0.6) is 11.5 Å². The van der Waals surface area contributed by atoms with Crippen LogP contribution in [0.4, 0.5) is 5.69 Å². The SMILES string of the molecule is CC(C)=CCC/C(C)=C/COc1c(O)c(=O)n(C)c2cc(N)ccc12. The molecule has 3 N–H and O–H groups in total. The first-order chi connectivity index (χ1) is 11.8. The first-order valence-corrected chi connectivity index (χ1v) is 8.34. The summed E-state index contributed by atoms with van der Waals surface area (Å²) >= 11 is 0. The summed E-state index contributed by atoms with van der Waals surface area (Å²) in [7, 11) is 1.60. The van der Waals surface area contributed by atoms with Crippen molar-refractivity contribution in [2.24, 2.45) is 7.05 Å². The molecule has 25 heavy (non-hydrogen) atoms. The van der Waals surface area contributed by atoms with E-state index in [-0.39, 0.29) is 11.5 Å². The van der Waals surface area contributed by atoms with E-state index in [1.54, 1.807) is 25.2 Å². The molecule has 0 aliphatic carbocycles. The highest BCUT2D eigenvalue weighted by molar-refractivity contribution is 5.89. The van der Waals surface area contributed by atoms with Crippen molar-refractivity contribution in [2.75, 3.05) is 12.3 Å². The Labute approximate surface area is 148 Å². The van der Waals surface area contributed by atoms with Crippen molar-refractivity contribution < 1.29 is 9.84 Å². The average molecular weight is 342 g/mol. The van der Waals surface area contributed by atoms with Gasteiger partial charge in [0.05, 0.1) is 5.52 Å². The fourth-order valence-corrected chi connectivity index (χ4v) is 2.62. The van der Waals surface area contributed by atoms with Crippen LogP contribution in [-0.4, -0.2) is 16.3 Å². The molecule has 0 amide bonds. The van der Waals surface area contributed by atoms with Crippen molar-refractivity contribution in [2.45, 2.75) is 33.6 Å². The van der Waals surface area contributed by atoms with Crippen LogP contribution in [0.2, 0.25) is 0 Å². The van der Waals surface area contributed by atoms with Crippen LogP contribution in [-0.2, 0) is 7.05 Å². The van der Waals surface area contributed by atoms with Gasteiger partial charge in [-0.25, -0.2) is 0 Å². The third kappa shape index (κ3) is 4.44. The van der Waals surface area contributed by atoms with Crippen LogP contribution in [0, 0.1) is 0 Å². The maximum Gasteiger partial charge on any atom is 0.296 e. The zero-order valence-electron chi connectivity index (χ0n) is 15.3. The topological polar surface area (TPSA) is 77.5 Å². The van der Waals surface area contributed by atoms with E-state index in [0.717, 1.165) is 12.8 Å². The van der Waals surface area contributed by atoms with Crippen LogP contribution >= 0.6 is 0 Å². The number of benzene rings is 1. The number of nitrogen functional groups attached to an aromatic ring is 1. The molecule has 0 aliphatic heterocycles. The van der Waals surface area contributed by atoms with Crippen LogP contribution in [0.1, 0.15) is 33.6 Å². The number of aryl methyl sites for hydroxylation is 1. The lowest BCUT2D eigenvalue weighted by atomic mass is 10.1. The largest absolute Gasteiger partial charge is 0.500 e. The maximum atomic E-state index is 12.2. The van der Waals surface area contributed by atoms with E-state index in [2.05, 4.69) is 19.9 Å². The van der Waals surface area contributed by atoms with E-state index in [1.807, 2.05) is 13.0 Å². The molecule has 0 saturated heterocycles. The van der Waals surface area contributed by atoms with Gasteiger partial charge in [0.25, 0.3) is 5.56 Å². The Bertz CT molecular complexity index is 888. The minimum absolute atomic E-state index is 0.200. The number of allylic oxidation sites excluding steroid dienone is 3. The summed E-state index contributed by atoms with van der Waals surface area (Å²) < 4.78 is 7.10. The zero-order chi connectivity index (χ0) is 18.6. The normalized spacial score (nSPS) is 11.6. The molecule has 5 nitrogen and oxygen atoms in total. The molecule has 0 fully saturated rings. The number of hydrogen-bond donors (Lipinski definition) is 2. The van der Waals surface area contributed by atoms with E-state index in [0.29, 0.717) is 23.2 Å². The molecule has 0 aliphatic rings. The molecule has 2 rings (SSSR count). The first-order valence-electron chi connectivity index (χ1n) is 8.34. The number of hydrogen-bond acceptors (Lipinski definition) is 4. The van der Waals surface area contributed by atoms with Gasteiger partial charge in [0.2, 0.25) is 5.75 Å². The second-order valence-electron chi connectivity index (χ2n) is 6.50. The first kappa shape index (κ1) is 18.6. The molecule has 2 aromatic rings. The van der Waals surface area contributed by atoms with Gasteiger partial charge in [-0.15, -0.1) is 0 Å². The predicted octanol–water partition coefficient (Wildman–Crippen LogP) is 3.90. The summed E-state index contributed by atoms with van der Waals surface area (Å²) in [5, 5.41) is 10.9. The van der Waals surface area contributed by atoms with Gasteiger partial charge in [-0.05, 0) is 57.9 Å². The summed E-state index contributed by atoms with van der Waals surface area (Å²) in [5.41, 5.74) is 8.99. The number of anilines is 1. The van der Waals surface area contributed by atoms with E-state index in [1.165, 1.54) is 15.7 Å². The molecule has 0 saturated carbocycles. The van der Waals surface area contributed by atoms with Gasteiger partial charge >= 0.3 is 0 Å². The molecule has 1 aromatic heterocycles. The van der Waals surface area contributed by atoms with Crippen LogP contribution < -0.4 is 16.0 Å². The van der Waals surface area contributed by atoms with E-state index >= 15 is 0 Å². The predicted molar refractivity (Wildman–Crippen MR) is 103 cm³/mol. The van der Waals surface area contributed by atoms with E-state index < -0.39 is 5.56 Å². The molecule has 0 spiro atoms. The van der Waals surface area contributed by atoms with Gasteiger partial charge in [-0.2, -0.15) is 0 Å². The quantitative estimate of drug-likeness (QED) is 0.616. The number of nitrogens with two attached hydrogens (primary N) is 1. The monoisotopic (exact) mass is 342 g/mol. The van der Waals surface area contributed by atoms with Crippen molar-refractivity contribution in [1.29, 1.82) is 0 Å². The molecular weight excluding hydrogens is 316 g/mol. The van der Waals surface area contributed by atoms with Gasteiger partial charge in [0, 0.05) is 18.1 Å². The summed E-state index contributed by atoms with van der Waals surface area (Å²) in [6, 6.07) is 5.17. The molecular formula is C20H26N2O3. The Morgan fingerprint density at radius 2 is 2.00 bits per heavy atom. The number of pyridine rings is 1. The number of aromatic hydroxyl groups is 1. The molecule has 0 unspecified atom stereocenters. The molecule has 0 bridgehead atoms. The van der Waals surface area contributed by atoms with Gasteiger partial charge in [0.15, 0.2) is 5.75 Å². The minimum atomic E-state index is -0.502. The Balaban J connectivity index is 2.24. The third-order valence-electron chi connectivity index (χ3n) is 4.10. The Morgan fingerprint density at radius 1 is 1.28 bits per heavy atom. The Morgan fingerprint density at radius 3 is 2.68 bits per heavy atom. The van der Waals surface area contributed by atoms with Gasteiger partial charge in [-0.1, -0.05) is 17.2 Å². The lowest BCUT2D eigenvalue weighted by molar-refractivity contribution is 0.335. The van der Waals surface area contributed by atoms with Crippen LogP contribution in [0.3, 0.4) is 0 Å². The molecule has 1 aromatic carbocycles. The second kappa shape index (κ2) is 7.92. The highest BCUT2D eigenvalue weighted by atomic mass is 16.5. The fraction of sp³-hybridized carbons (Fsp3) is 0.350. The molecule has 134 valence electrons. The highest BCUT2D eigenvalue weighted by Crippen LogP contribution is 2.32. The van der Waals surface area contributed by atoms with E-state index in [9.17, 15) is 9.90 Å². The van der Waals surface area contributed by atoms with Crippen molar-refractivity contribution in [3.63, 3.8) is 0 Å². The molecule has 5 heteroatoms. The van der Waals surface area contributed by atoms with Crippen LogP contribution in [0.15, 0.2) is 46.3 Å². The average Bonchev–Trinajstić information content (AvgIpc) is 2.56. The number of ether oxygens (including phenoxy) is 1. The number of aromatic nitrogens is 1. The highest BCUT2D eigenvalue weighted by Gasteiger charge is 2.15. The molecule has 0 radical (unpaired) electrons. The zero-order valence-corrected chi connectivity index (χ0v) is 15.3. The van der Waals surface area contributed by atoms with Crippen molar-refractivity contribution in [3.05, 3.63) is 51.9 Å². The molecule has 1 heterocycles. The van der Waals surface area contributed by atoms with Crippen molar-refractivity contribution in [1.82, 2.24) is 4.57 Å². The summed E-state index contributed by atoms with van der Waals surface area (Å²) in [6.45, 7) is 6.50. The summed E-state index contributed by atoms with van der Waals surface area (Å²) in [5.74, 6) is -0.179. The summed E-state index contributed by atoms with van der Waals surface area (Å²) in [4.78, 5) is 12.2. The van der Waals surface area contributed by atoms with Gasteiger partial charge in [-0.3, -0.25) is 4.79 Å². The number of nitrogens with zero attached hydrogens (tertiary/aromatic N) is 1.